The van der Waals surface area contributed by atoms with E-state index in [0.717, 1.165) is 0 Å². The highest BCUT2D eigenvalue weighted by Gasteiger charge is 2.29. The third-order valence-electron chi connectivity index (χ3n) is 4.46. The van der Waals surface area contributed by atoms with Gasteiger partial charge in [0.25, 0.3) is 5.91 Å². The van der Waals surface area contributed by atoms with Crippen LogP contribution in [0.15, 0.2) is 48.5 Å². The fourth-order valence-corrected chi connectivity index (χ4v) is 3.19. The fraction of sp³-hybridized carbons (Fsp3) is 0.250. The van der Waals surface area contributed by atoms with Gasteiger partial charge < -0.3 is 20.9 Å². The van der Waals surface area contributed by atoms with Crippen LogP contribution in [0, 0.1) is 0 Å². The van der Waals surface area contributed by atoms with Gasteiger partial charge >= 0.3 is 0 Å². The van der Waals surface area contributed by atoms with Gasteiger partial charge in [0.1, 0.15) is 0 Å². The van der Waals surface area contributed by atoms with Crippen molar-refractivity contribution in [2.24, 2.45) is 0 Å². The van der Waals surface area contributed by atoms with E-state index < -0.39 is 0 Å². The van der Waals surface area contributed by atoms with Crippen molar-refractivity contribution in [3.05, 3.63) is 54.1 Å². The van der Waals surface area contributed by atoms with Gasteiger partial charge in [0.15, 0.2) is 0 Å². The second-order valence-electron chi connectivity index (χ2n) is 6.36. The number of rotatable bonds is 4. The Kier molecular flexibility index (Phi) is 5.40. The quantitative estimate of drug-likeness (QED) is 0.774. The molecule has 7 nitrogen and oxygen atoms in total. The standard InChI is InChI=1S/C20H22N4O3/c1-13-11-18(25)23-16-9-5-6-10-17(16)24(13)19(26)12-22-15-8-4-3-7-14(15)20(27)21-2/h3-10,13,22H,11-12H2,1-2H3,(H,21,27)(H,23,25)/t13-/m1/s1. The second-order valence-corrected chi connectivity index (χ2v) is 6.36. The minimum Gasteiger partial charge on any atom is -0.375 e. The van der Waals surface area contributed by atoms with E-state index in [1.165, 1.54) is 0 Å². The van der Waals surface area contributed by atoms with Crippen LogP contribution in [-0.4, -0.2) is 37.4 Å². The van der Waals surface area contributed by atoms with E-state index in [9.17, 15) is 14.4 Å². The van der Waals surface area contributed by atoms with E-state index in [2.05, 4.69) is 16.0 Å². The lowest BCUT2D eigenvalue weighted by molar-refractivity contribution is -0.118. The maximum Gasteiger partial charge on any atom is 0.253 e. The Labute approximate surface area is 157 Å². The smallest absolute Gasteiger partial charge is 0.253 e. The third-order valence-corrected chi connectivity index (χ3v) is 4.46. The Morgan fingerprint density at radius 3 is 2.63 bits per heavy atom. The zero-order valence-corrected chi connectivity index (χ0v) is 15.3. The largest absolute Gasteiger partial charge is 0.375 e. The molecule has 140 valence electrons. The first kappa shape index (κ1) is 18.4. The topological polar surface area (TPSA) is 90.5 Å². The molecule has 3 rings (SSSR count). The summed E-state index contributed by atoms with van der Waals surface area (Å²) < 4.78 is 0. The molecule has 0 bridgehead atoms. The molecule has 0 radical (unpaired) electrons. The van der Waals surface area contributed by atoms with Gasteiger partial charge in [0.2, 0.25) is 11.8 Å². The first-order chi connectivity index (χ1) is 13.0. The molecule has 0 aromatic heterocycles. The number of carbonyl (C=O) groups is 3. The zero-order valence-electron chi connectivity index (χ0n) is 15.3. The molecule has 2 aromatic rings. The summed E-state index contributed by atoms with van der Waals surface area (Å²) in [4.78, 5) is 38.6. The Bertz CT molecular complexity index is 881. The summed E-state index contributed by atoms with van der Waals surface area (Å²) in [6, 6.07) is 14.0. The zero-order chi connectivity index (χ0) is 19.4. The fourth-order valence-electron chi connectivity index (χ4n) is 3.19. The summed E-state index contributed by atoms with van der Waals surface area (Å²) in [7, 11) is 1.56. The average molecular weight is 366 g/mol. The van der Waals surface area contributed by atoms with Crippen molar-refractivity contribution >= 4 is 34.8 Å². The molecule has 0 fully saturated rings. The van der Waals surface area contributed by atoms with E-state index in [-0.39, 0.29) is 36.7 Å². The molecule has 0 aliphatic carbocycles. The number of carbonyl (C=O) groups excluding carboxylic acids is 3. The highest BCUT2D eigenvalue weighted by atomic mass is 16.2. The van der Waals surface area contributed by atoms with Crippen molar-refractivity contribution < 1.29 is 14.4 Å². The van der Waals surface area contributed by atoms with Crippen LogP contribution in [0.25, 0.3) is 0 Å². The van der Waals surface area contributed by atoms with Gasteiger partial charge in [0.05, 0.1) is 23.5 Å². The van der Waals surface area contributed by atoms with Crippen LogP contribution >= 0.6 is 0 Å². The van der Waals surface area contributed by atoms with Crippen molar-refractivity contribution in [3.63, 3.8) is 0 Å². The lowest BCUT2D eigenvalue weighted by Gasteiger charge is -2.28. The summed E-state index contributed by atoms with van der Waals surface area (Å²) in [6.07, 6.45) is 0.218. The molecule has 1 heterocycles. The van der Waals surface area contributed by atoms with Crippen molar-refractivity contribution in [1.82, 2.24) is 5.32 Å². The minimum absolute atomic E-state index is 0.000865. The molecule has 27 heavy (non-hydrogen) atoms. The lowest BCUT2D eigenvalue weighted by atomic mass is 10.1. The Morgan fingerprint density at radius 1 is 1.15 bits per heavy atom. The average Bonchev–Trinajstić information content (AvgIpc) is 2.79. The molecule has 3 N–H and O–H groups in total. The van der Waals surface area contributed by atoms with E-state index in [1.54, 1.807) is 42.3 Å². The van der Waals surface area contributed by atoms with Crippen molar-refractivity contribution in [2.75, 3.05) is 29.1 Å². The maximum absolute atomic E-state index is 13.0. The van der Waals surface area contributed by atoms with E-state index in [4.69, 9.17) is 0 Å². The van der Waals surface area contributed by atoms with Gasteiger partial charge in [-0.15, -0.1) is 0 Å². The van der Waals surface area contributed by atoms with Crippen LogP contribution in [0.3, 0.4) is 0 Å². The number of fused-ring (bicyclic) bond motifs is 1. The summed E-state index contributed by atoms with van der Waals surface area (Å²) in [5, 5.41) is 8.47. The van der Waals surface area contributed by atoms with E-state index >= 15 is 0 Å². The van der Waals surface area contributed by atoms with E-state index in [1.807, 2.05) is 25.1 Å². The van der Waals surface area contributed by atoms with Crippen LogP contribution in [0.1, 0.15) is 23.7 Å². The predicted octanol–water partition coefficient (Wildman–Crippen LogP) is 2.22. The van der Waals surface area contributed by atoms with Gasteiger partial charge in [-0.05, 0) is 31.2 Å². The maximum atomic E-state index is 13.0. The van der Waals surface area contributed by atoms with Crippen LogP contribution in [0.4, 0.5) is 17.1 Å². The molecule has 7 heteroatoms. The molecule has 1 aliphatic heterocycles. The molecular weight excluding hydrogens is 344 g/mol. The molecule has 0 unspecified atom stereocenters. The first-order valence-corrected chi connectivity index (χ1v) is 8.77. The molecule has 3 amide bonds. The van der Waals surface area contributed by atoms with Crippen molar-refractivity contribution in [3.8, 4) is 0 Å². The number of hydrogen-bond donors (Lipinski definition) is 3. The van der Waals surface area contributed by atoms with Crippen LogP contribution in [-0.2, 0) is 9.59 Å². The minimum atomic E-state index is -0.280. The number of nitrogens with zero attached hydrogens (tertiary/aromatic N) is 1. The van der Waals surface area contributed by atoms with E-state index in [0.29, 0.717) is 22.6 Å². The molecule has 1 atom stereocenters. The molecule has 2 aromatic carbocycles. The first-order valence-electron chi connectivity index (χ1n) is 8.77. The molecular formula is C20H22N4O3. The highest BCUT2D eigenvalue weighted by molar-refractivity contribution is 6.06. The number of para-hydroxylation sites is 3. The Balaban J connectivity index is 1.82. The monoisotopic (exact) mass is 366 g/mol. The van der Waals surface area contributed by atoms with Gasteiger partial charge in [-0.2, -0.15) is 0 Å². The normalized spacial score (nSPS) is 16.0. The summed E-state index contributed by atoms with van der Waals surface area (Å²) in [5.41, 5.74) is 2.33. The van der Waals surface area contributed by atoms with Gasteiger partial charge in [-0.25, -0.2) is 0 Å². The number of amides is 3. The van der Waals surface area contributed by atoms with Gasteiger partial charge in [-0.1, -0.05) is 24.3 Å². The van der Waals surface area contributed by atoms with Crippen molar-refractivity contribution in [1.29, 1.82) is 0 Å². The Morgan fingerprint density at radius 2 is 1.85 bits per heavy atom. The second kappa shape index (κ2) is 7.90. The molecule has 0 spiro atoms. The molecule has 0 saturated carbocycles. The van der Waals surface area contributed by atoms with Crippen LogP contribution in [0.5, 0.6) is 0 Å². The number of nitrogens with one attached hydrogen (secondary N) is 3. The van der Waals surface area contributed by atoms with Crippen LogP contribution < -0.4 is 20.9 Å². The highest BCUT2D eigenvalue weighted by Crippen LogP contribution is 2.31. The summed E-state index contributed by atoms with van der Waals surface area (Å²) >= 11 is 0. The van der Waals surface area contributed by atoms with Gasteiger partial charge in [0, 0.05) is 25.2 Å². The summed E-state index contributed by atoms with van der Waals surface area (Å²) in [6.45, 7) is 1.85. The summed E-state index contributed by atoms with van der Waals surface area (Å²) in [5.74, 6) is -0.532. The van der Waals surface area contributed by atoms with Crippen LogP contribution in [0.2, 0.25) is 0 Å². The predicted molar refractivity (Wildman–Crippen MR) is 105 cm³/mol. The number of hydrogen-bond acceptors (Lipinski definition) is 4. The third kappa shape index (κ3) is 3.92. The lowest BCUT2D eigenvalue weighted by Crippen LogP contribution is -2.42. The number of anilines is 3. The molecule has 1 aliphatic rings. The van der Waals surface area contributed by atoms with Crippen molar-refractivity contribution in [2.45, 2.75) is 19.4 Å². The number of benzene rings is 2. The Hall–Kier alpha value is -3.35. The van der Waals surface area contributed by atoms with Gasteiger partial charge in [-0.3, -0.25) is 14.4 Å². The molecule has 0 saturated heterocycles. The SMILES string of the molecule is CNC(=O)c1ccccc1NCC(=O)N1c2ccccc2NC(=O)C[C@H]1C.